The van der Waals surface area contributed by atoms with Gasteiger partial charge in [-0.05, 0) is 48.4 Å². The average Bonchev–Trinajstić information content (AvgIpc) is 2.72. The lowest BCUT2D eigenvalue weighted by Crippen LogP contribution is -2.15. The van der Waals surface area contributed by atoms with Crippen LogP contribution < -0.4 is 16.8 Å². The van der Waals surface area contributed by atoms with Crippen LogP contribution in [0, 0.1) is 0 Å². The zero-order chi connectivity index (χ0) is 21.0. The summed E-state index contributed by atoms with van der Waals surface area (Å²) in [7, 11) is 0. The van der Waals surface area contributed by atoms with Crippen molar-refractivity contribution in [2.75, 3.05) is 22.7 Å². The quantitative estimate of drug-likeness (QED) is 0.338. The van der Waals surface area contributed by atoms with E-state index in [2.05, 4.69) is 17.2 Å². The average molecular weight is 429 g/mol. The maximum Gasteiger partial charge on any atom is 0.177 e. The van der Waals surface area contributed by atoms with E-state index >= 15 is 0 Å². The van der Waals surface area contributed by atoms with Gasteiger partial charge in [0.2, 0.25) is 0 Å². The molecule has 5 N–H and O–H groups in total. The number of aromatic nitrogens is 1. The number of hydrogen-bond donors (Lipinski definition) is 3. The standard InChI is InChI=1S/C22H22Cl2N4O/c1-2-18(27-16-9-5-13(6-10-16)19(29)12-23)22-21(17(25)11-20(26)28-22)14-3-7-15(24)8-4-14/h3-11,18,27H,2,12H2,1H3,(H4,25,26,28). The van der Waals surface area contributed by atoms with Gasteiger partial charge in [0.15, 0.2) is 5.78 Å². The fraction of sp³-hybridized carbons (Fsp3) is 0.182. The fourth-order valence-electron chi connectivity index (χ4n) is 3.18. The molecule has 7 heteroatoms. The molecule has 3 rings (SSSR count). The number of pyridine rings is 1. The summed E-state index contributed by atoms with van der Waals surface area (Å²) in [6, 6.07) is 16.2. The van der Waals surface area contributed by atoms with Crippen LogP contribution in [0.25, 0.3) is 11.1 Å². The summed E-state index contributed by atoms with van der Waals surface area (Å²) in [6.07, 6.45) is 0.749. The zero-order valence-corrected chi connectivity index (χ0v) is 17.5. The third kappa shape index (κ3) is 4.81. The number of halogens is 2. The van der Waals surface area contributed by atoms with Crippen LogP contribution in [-0.4, -0.2) is 16.6 Å². The summed E-state index contributed by atoms with van der Waals surface area (Å²) in [5.74, 6) is 0.209. The van der Waals surface area contributed by atoms with E-state index in [0.717, 1.165) is 28.9 Å². The molecule has 0 aliphatic rings. The summed E-state index contributed by atoms with van der Waals surface area (Å²) < 4.78 is 0. The van der Waals surface area contributed by atoms with Crippen molar-refractivity contribution in [3.8, 4) is 11.1 Å². The third-order valence-electron chi connectivity index (χ3n) is 4.64. The molecule has 0 aliphatic carbocycles. The molecule has 0 spiro atoms. The SMILES string of the molecule is CCC(Nc1ccc(C(=O)CCl)cc1)c1nc(N)cc(N)c1-c1ccc(Cl)cc1. The van der Waals surface area contributed by atoms with Gasteiger partial charge in [-0.1, -0.05) is 30.7 Å². The minimum atomic E-state index is -0.138. The minimum absolute atomic E-state index is 0.0404. The van der Waals surface area contributed by atoms with Crippen molar-refractivity contribution in [1.29, 1.82) is 0 Å². The van der Waals surface area contributed by atoms with E-state index in [9.17, 15) is 4.79 Å². The molecular weight excluding hydrogens is 407 g/mol. The van der Waals surface area contributed by atoms with E-state index in [1.54, 1.807) is 18.2 Å². The summed E-state index contributed by atoms with van der Waals surface area (Å²) in [5.41, 5.74) is 16.8. The topological polar surface area (TPSA) is 94.0 Å². The molecule has 1 heterocycles. The van der Waals surface area contributed by atoms with E-state index < -0.39 is 0 Å². The Kier molecular flexibility index (Phi) is 6.62. The highest BCUT2D eigenvalue weighted by atomic mass is 35.5. The minimum Gasteiger partial charge on any atom is -0.398 e. The Morgan fingerprint density at radius 1 is 1.10 bits per heavy atom. The number of benzene rings is 2. The number of nitrogens with zero attached hydrogens (tertiary/aromatic N) is 1. The van der Waals surface area contributed by atoms with Crippen LogP contribution in [0.2, 0.25) is 5.02 Å². The van der Waals surface area contributed by atoms with E-state index in [1.807, 2.05) is 36.4 Å². The number of anilines is 3. The van der Waals surface area contributed by atoms with Crippen molar-refractivity contribution >= 4 is 46.2 Å². The first kappa shape index (κ1) is 21.0. The van der Waals surface area contributed by atoms with Crippen molar-refractivity contribution in [3.05, 3.63) is 70.9 Å². The molecular formula is C22H22Cl2N4O. The van der Waals surface area contributed by atoms with Gasteiger partial charge in [-0.15, -0.1) is 11.6 Å². The van der Waals surface area contributed by atoms with Gasteiger partial charge >= 0.3 is 0 Å². The molecule has 0 bridgehead atoms. The maximum absolute atomic E-state index is 11.7. The molecule has 0 saturated heterocycles. The number of carbonyl (C=O) groups is 1. The van der Waals surface area contributed by atoms with Crippen LogP contribution in [0.15, 0.2) is 54.6 Å². The second-order valence-corrected chi connectivity index (χ2v) is 7.35. The van der Waals surface area contributed by atoms with Gasteiger partial charge < -0.3 is 16.8 Å². The summed E-state index contributed by atoms with van der Waals surface area (Å²) in [4.78, 5) is 16.3. The number of alkyl halides is 1. The normalized spacial score (nSPS) is 11.8. The molecule has 1 unspecified atom stereocenters. The summed E-state index contributed by atoms with van der Waals surface area (Å²) in [5, 5.41) is 4.11. The van der Waals surface area contributed by atoms with Crippen molar-refractivity contribution in [2.24, 2.45) is 0 Å². The number of carbonyl (C=O) groups excluding carboxylic acids is 1. The van der Waals surface area contributed by atoms with Gasteiger partial charge in [-0.25, -0.2) is 4.98 Å². The zero-order valence-electron chi connectivity index (χ0n) is 16.0. The van der Waals surface area contributed by atoms with Gasteiger partial charge in [-0.3, -0.25) is 4.79 Å². The lowest BCUT2D eigenvalue weighted by Gasteiger charge is -2.22. The Balaban J connectivity index is 1.98. The van der Waals surface area contributed by atoms with Crippen LogP contribution in [-0.2, 0) is 0 Å². The van der Waals surface area contributed by atoms with Gasteiger partial charge in [-0.2, -0.15) is 0 Å². The highest BCUT2D eigenvalue weighted by Gasteiger charge is 2.20. The van der Waals surface area contributed by atoms with Crippen molar-refractivity contribution in [1.82, 2.24) is 4.98 Å². The van der Waals surface area contributed by atoms with Crippen molar-refractivity contribution < 1.29 is 4.79 Å². The lowest BCUT2D eigenvalue weighted by molar-refractivity contribution is 0.102. The number of Topliss-reactive ketones (excluding diaryl/α,β-unsaturated/α-hetero) is 1. The molecule has 5 nitrogen and oxygen atoms in total. The second-order valence-electron chi connectivity index (χ2n) is 6.64. The Morgan fingerprint density at radius 3 is 2.34 bits per heavy atom. The van der Waals surface area contributed by atoms with E-state index in [4.69, 9.17) is 34.7 Å². The lowest BCUT2D eigenvalue weighted by atomic mass is 9.96. The molecule has 1 atom stereocenters. The molecule has 0 saturated carbocycles. The number of ketones is 1. The molecule has 150 valence electrons. The first-order valence-electron chi connectivity index (χ1n) is 9.20. The van der Waals surface area contributed by atoms with Crippen LogP contribution in [0.1, 0.15) is 35.4 Å². The van der Waals surface area contributed by atoms with Gasteiger partial charge in [0.1, 0.15) is 5.82 Å². The maximum atomic E-state index is 11.7. The number of hydrogen-bond acceptors (Lipinski definition) is 5. The monoisotopic (exact) mass is 428 g/mol. The summed E-state index contributed by atoms with van der Waals surface area (Å²) >= 11 is 11.7. The number of rotatable bonds is 7. The Hall–Kier alpha value is -2.76. The second kappa shape index (κ2) is 9.16. The van der Waals surface area contributed by atoms with Crippen molar-refractivity contribution in [3.63, 3.8) is 0 Å². The smallest absolute Gasteiger partial charge is 0.177 e. The third-order valence-corrected chi connectivity index (χ3v) is 5.13. The van der Waals surface area contributed by atoms with E-state index in [0.29, 0.717) is 22.1 Å². The molecule has 1 aromatic heterocycles. The van der Waals surface area contributed by atoms with E-state index in [1.165, 1.54) is 0 Å². The predicted molar refractivity (Wildman–Crippen MR) is 122 cm³/mol. The van der Waals surface area contributed by atoms with Crippen LogP contribution in [0.3, 0.4) is 0 Å². The fourth-order valence-corrected chi connectivity index (χ4v) is 3.46. The number of nitrogens with two attached hydrogens (primary N) is 2. The first-order chi connectivity index (χ1) is 13.9. The van der Waals surface area contributed by atoms with Gasteiger partial charge in [0.05, 0.1) is 17.6 Å². The number of nitrogens with one attached hydrogen (secondary N) is 1. The first-order valence-corrected chi connectivity index (χ1v) is 10.1. The predicted octanol–water partition coefficient (Wildman–Crippen LogP) is 5.55. The van der Waals surface area contributed by atoms with Crippen molar-refractivity contribution in [2.45, 2.75) is 19.4 Å². The molecule has 0 aliphatic heterocycles. The Morgan fingerprint density at radius 2 is 1.76 bits per heavy atom. The Bertz CT molecular complexity index is 1000. The van der Waals surface area contributed by atoms with E-state index in [-0.39, 0.29) is 17.7 Å². The molecule has 29 heavy (non-hydrogen) atoms. The van der Waals surface area contributed by atoms with Crippen LogP contribution in [0.4, 0.5) is 17.2 Å². The van der Waals surface area contributed by atoms with Crippen LogP contribution >= 0.6 is 23.2 Å². The molecule has 0 amide bonds. The Labute approximate surface area is 180 Å². The van der Waals surface area contributed by atoms with Crippen LogP contribution in [0.5, 0.6) is 0 Å². The highest BCUT2D eigenvalue weighted by Crippen LogP contribution is 2.36. The molecule has 3 aromatic rings. The largest absolute Gasteiger partial charge is 0.398 e. The molecule has 0 fully saturated rings. The highest BCUT2D eigenvalue weighted by molar-refractivity contribution is 6.30. The molecule has 0 radical (unpaired) electrons. The number of nitrogen functional groups attached to an aromatic ring is 2. The van der Waals surface area contributed by atoms with Gasteiger partial charge in [0, 0.05) is 33.6 Å². The summed E-state index contributed by atoms with van der Waals surface area (Å²) in [6.45, 7) is 2.05. The molecule has 2 aromatic carbocycles. The van der Waals surface area contributed by atoms with Gasteiger partial charge in [0.25, 0.3) is 0 Å².